The number of aromatic nitrogens is 1. The number of fused-ring (bicyclic) bond motifs is 1. The van der Waals surface area contributed by atoms with Gasteiger partial charge in [-0.15, -0.1) is 0 Å². The summed E-state index contributed by atoms with van der Waals surface area (Å²) < 4.78 is 21.3. The van der Waals surface area contributed by atoms with Crippen molar-refractivity contribution in [1.82, 2.24) is 4.98 Å². The molecule has 1 N–H and O–H groups in total. The maximum Gasteiger partial charge on any atom is 0.301 e. The van der Waals surface area contributed by atoms with Gasteiger partial charge in [0.15, 0.2) is 5.13 Å². The van der Waals surface area contributed by atoms with E-state index < -0.39 is 23.5 Å². The molecule has 1 aliphatic heterocycles. The number of carbonyl (C=O) groups excluding carboxylic acids is 2. The zero-order valence-electron chi connectivity index (χ0n) is 19.0. The lowest BCUT2D eigenvalue weighted by atomic mass is 9.95. The Labute approximate surface area is 204 Å². The lowest BCUT2D eigenvalue weighted by Gasteiger charge is -2.23. The highest BCUT2D eigenvalue weighted by molar-refractivity contribution is 7.22. The zero-order chi connectivity index (χ0) is 24.7. The first-order valence-corrected chi connectivity index (χ1v) is 11.9. The van der Waals surface area contributed by atoms with Crippen LogP contribution in [0.4, 0.5) is 9.52 Å². The molecule has 0 aliphatic carbocycles. The molecule has 1 unspecified atom stereocenters. The van der Waals surface area contributed by atoms with Crippen molar-refractivity contribution in [3.8, 4) is 5.75 Å². The first kappa shape index (κ1) is 22.7. The molecule has 1 fully saturated rings. The number of carbonyl (C=O) groups is 2. The highest BCUT2D eigenvalue weighted by Gasteiger charge is 2.49. The first-order chi connectivity index (χ1) is 16.9. The second kappa shape index (κ2) is 8.96. The van der Waals surface area contributed by atoms with Crippen molar-refractivity contribution in [2.75, 3.05) is 11.5 Å². The van der Waals surface area contributed by atoms with E-state index in [-0.39, 0.29) is 22.0 Å². The van der Waals surface area contributed by atoms with Gasteiger partial charge < -0.3 is 9.84 Å². The van der Waals surface area contributed by atoms with Crippen LogP contribution in [0.2, 0.25) is 0 Å². The Bertz CT molecular complexity index is 1490. The van der Waals surface area contributed by atoms with Crippen LogP contribution in [0, 0.1) is 12.7 Å². The van der Waals surface area contributed by atoms with Crippen LogP contribution in [0.3, 0.4) is 0 Å². The van der Waals surface area contributed by atoms with Crippen LogP contribution in [0.15, 0.2) is 72.3 Å². The Morgan fingerprint density at radius 3 is 2.57 bits per heavy atom. The molecule has 3 aromatic carbocycles. The molecule has 4 aromatic rings. The van der Waals surface area contributed by atoms with Gasteiger partial charge in [-0.25, -0.2) is 9.37 Å². The molecule has 1 amide bonds. The second-order valence-corrected chi connectivity index (χ2v) is 9.12. The van der Waals surface area contributed by atoms with E-state index in [0.717, 1.165) is 10.3 Å². The number of aliphatic hydroxyl groups is 1. The predicted molar refractivity (Wildman–Crippen MR) is 133 cm³/mol. The monoisotopic (exact) mass is 488 g/mol. The average Bonchev–Trinajstić information content (AvgIpc) is 3.37. The highest BCUT2D eigenvalue weighted by atomic mass is 32.1. The number of ketones is 1. The van der Waals surface area contributed by atoms with Gasteiger partial charge in [0.1, 0.15) is 23.4 Å². The SMILES string of the molecule is CCOc1ccc2nc(N3C(=O)C(=O)C(=C(O)c4ccc(C)cc4)C3c3ccccc3F)sc2c1. The summed E-state index contributed by atoms with van der Waals surface area (Å²) in [6.45, 7) is 4.27. The van der Waals surface area contributed by atoms with Gasteiger partial charge in [-0.2, -0.15) is 0 Å². The van der Waals surface area contributed by atoms with E-state index in [9.17, 15) is 14.7 Å². The van der Waals surface area contributed by atoms with Gasteiger partial charge in [-0.3, -0.25) is 14.5 Å². The van der Waals surface area contributed by atoms with Gasteiger partial charge in [0.25, 0.3) is 5.78 Å². The molecule has 8 heteroatoms. The number of Topliss-reactive ketones (excluding diaryl/α,β-unsaturated/α-hetero) is 1. The zero-order valence-corrected chi connectivity index (χ0v) is 19.8. The third kappa shape index (κ3) is 3.95. The molecule has 1 aromatic heterocycles. The number of hydrogen-bond donors (Lipinski definition) is 1. The number of aliphatic hydroxyl groups excluding tert-OH is 1. The van der Waals surface area contributed by atoms with E-state index in [1.807, 2.05) is 13.8 Å². The van der Waals surface area contributed by atoms with Crippen LogP contribution in [-0.2, 0) is 9.59 Å². The highest BCUT2D eigenvalue weighted by Crippen LogP contribution is 2.45. The minimum Gasteiger partial charge on any atom is -0.507 e. The number of ether oxygens (including phenoxy) is 1. The van der Waals surface area contributed by atoms with Crippen molar-refractivity contribution in [2.45, 2.75) is 19.9 Å². The minimum atomic E-state index is -1.18. The van der Waals surface area contributed by atoms with Crippen molar-refractivity contribution in [2.24, 2.45) is 0 Å². The summed E-state index contributed by atoms with van der Waals surface area (Å²) in [6, 6.07) is 17.0. The number of thiazole rings is 1. The summed E-state index contributed by atoms with van der Waals surface area (Å²) >= 11 is 1.19. The number of halogens is 1. The fraction of sp³-hybridized carbons (Fsp3) is 0.148. The number of nitrogens with zero attached hydrogens (tertiary/aromatic N) is 2. The van der Waals surface area contributed by atoms with E-state index in [1.165, 1.54) is 34.4 Å². The molecule has 1 saturated heterocycles. The molecule has 2 heterocycles. The summed E-state index contributed by atoms with van der Waals surface area (Å²) in [6.07, 6.45) is 0. The van der Waals surface area contributed by atoms with E-state index in [4.69, 9.17) is 4.74 Å². The maximum absolute atomic E-state index is 15.0. The molecule has 0 bridgehead atoms. The minimum absolute atomic E-state index is 0.0922. The van der Waals surface area contributed by atoms with Crippen LogP contribution in [0.5, 0.6) is 5.75 Å². The van der Waals surface area contributed by atoms with Crippen LogP contribution >= 0.6 is 11.3 Å². The lowest BCUT2D eigenvalue weighted by molar-refractivity contribution is -0.132. The van der Waals surface area contributed by atoms with Crippen molar-refractivity contribution < 1.29 is 23.8 Å². The Kier molecular flexibility index (Phi) is 5.82. The van der Waals surface area contributed by atoms with Gasteiger partial charge in [0, 0.05) is 11.1 Å². The smallest absolute Gasteiger partial charge is 0.301 e. The molecule has 5 rings (SSSR count). The van der Waals surface area contributed by atoms with Crippen LogP contribution < -0.4 is 9.64 Å². The largest absolute Gasteiger partial charge is 0.507 e. The van der Waals surface area contributed by atoms with Crippen molar-refractivity contribution in [1.29, 1.82) is 0 Å². The average molecular weight is 489 g/mol. The summed E-state index contributed by atoms with van der Waals surface area (Å²) in [7, 11) is 0. The number of hydrogen-bond acceptors (Lipinski definition) is 6. The number of aryl methyl sites for hydroxylation is 1. The van der Waals surface area contributed by atoms with Gasteiger partial charge in [0.05, 0.1) is 22.4 Å². The van der Waals surface area contributed by atoms with Crippen LogP contribution in [0.25, 0.3) is 16.0 Å². The van der Waals surface area contributed by atoms with E-state index >= 15 is 4.39 Å². The fourth-order valence-electron chi connectivity index (χ4n) is 4.14. The maximum atomic E-state index is 15.0. The van der Waals surface area contributed by atoms with Crippen molar-refractivity contribution >= 4 is 44.1 Å². The topological polar surface area (TPSA) is 79.7 Å². The molecule has 6 nitrogen and oxygen atoms in total. The molecule has 0 saturated carbocycles. The van der Waals surface area contributed by atoms with E-state index in [0.29, 0.717) is 23.4 Å². The number of amides is 1. The summed E-state index contributed by atoms with van der Waals surface area (Å²) in [5.41, 5.74) is 1.85. The van der Waals surface area contributed by atoms with Gasteiger partial charge in [-0.05, 0) is 38.1 Å². The second-order valence-electron chi connectivity index (χ2n) is 8.12. The molecule has 35 heavy (non-hydrogen) atoms. The Balaban J connectivity index is 1.71. The predicted octanol–water partition coefficient (Wildman–Crippen LogP) is 5.77. The normalized spacial score (nSPS) is 17.3. The molecule has 1 aliphatic rings. The quantitative estimate of drug-likeness (QED) is 0.219. The summed E-state index contributed by atoms with van der Waals surface area (Å²) in [4.78, 5) is 32.3. The molecule has 176 valence electrons. The van der Waals surface area contributed by atoms with E-state index in [2.05, 4.69) is 4.98 Å². The first-order valence-electron chi connectivity index (χ1n) is 11.0. The molecule has 0 radical (unpaired) electrons. The van der Waals surface area contributed by atoms with Gasteiger partial charge in [-0.1, -0.05) is 59.4 Å². The fourth-order valence-corrected chi connectivity index (χ4v) is 5.16. The Morgan fingerprint density at radius 2 is 1.86 bits per heavy atom. The molecular weight excluding hydrogens is 467 g/mol. The van der Waals surface area contributed by atoms with Gasteiger partial charge in [0.2, 0.25) is 0 Å². The van der Waals surface area contributed by atoms with E-state index in [1.54, 1.807) is 48.5 Å². The third-order valence-corrected chi connectivity index (χ3v) is 6.85. The number of benzene rings is 3. The summed E-state index contributed by atoms with van der Waals surface area (Å²) in [5.74, 6) is -2.08. The van der Waals surface area contributed by atoms with Crippen molar-refractivity contribution in [3.05, 3.63) is 94.8 Å². The molecular formula is C27H21FN2O4S. The van der Waals surface area contributed by atoms with Crippen molar-refractivity contribution in [3.63, 3.8) is 0 Å². The van der Waals surface area contributed by atoms with Crippen LogP contribution in [-0.4, -0.2) is 28.4 Å². The standard InChI is InChI=1S/C27H21FN2O4S/c1-3-34-17-12-13-20-21(14-17)35-27(29-20)30-23(18-6-4-5-7-19(18)28)22(25(32)26(30)33)24(31)16-10-8-15(2)9-11-16/h4-14,23,31H,3H2,1-2H3. The molecule has 0 spiro atoms. The summed E-state index contributed by atoms with van der Waals surface area (Å²) in [5, 5.41) is 11.4. The lowest BCUT2D eigenvalue weighted by Crippen LogP contribution is -2.29. The number of anilines is 1. The Morgan fingerprint density at radius 1 is 1.11 bits per heavy atom. The molecule has 1 atom stereocenters. The third-order valence-electron chi connectivity index (χ3n) is 5.83. The van der Waals surface area contributed by atoms with Gasteiger partial charge >= 0.3 is 5.91 Å². The van der Waals surface area contributed by atoms with Crippen LogP contribution in [0.1, 0.15) is 29.7 Å². The Hall–Kier alpha value is -4.04. The number of rotatable bonds is 5.